The first-order valence-electron chi connectivity index (χ1n) is 7.52. The van der Waals surface area contributed by atoms with E-state index in [0.29, 0.717) is 6.54 Å². The third-order valence-corrected chi connectivity index (χ3v) is 3.44. The number of nitrogens with one attached hydrogen (secondary N) is 3. The minimum absolute atomic E-state index is 0.0404. The number of hydrogen-bond donors (Lipinski definition) is 3. The van der Waals surface area contributed by atoms with Crippen LogP contribution >= 0.6 is 0 Å². The molecular formula is C16H23N3O2. The van der Waals surface area contributed by atoms with Crippen LogP contribution in [0.2, 0.25) is 0 Å². The lowest BCUT2D eigenvalue weighted by atomic mass is 10.1. The van der Waals surface area contributed by atoms with Crippen LogP contribution in [0.3, 0.4) is 0 Å². The highest BCUT2D eigenvalue weighted by atomic mass is 16.2. The van der Waals surface area contributed by atoms with Gasteiger partial charge in [0.15, 0.2) is 0 Å². The Kier molecular flexibility index (Phi) is 6.22. The van der Waals surface area contributed by atoms with E-state index >= 15 is 0 Å². The molecule has 0 spiro atoms. The molecule has 0 unspecified atom stereocenters. The van der Waals surface area contributed by atoms with E-state index in [1.165, 1.54) is 18.4 Å². The SMILES string of the molecule is O=C(CNCC1CC1)NCC(=O)NCCc1ccccc1. The highest BCUT2D eigenvalue weighted by Crippen LogP contribution is 2.27. The van der Waals surface area contributed by atoms with E-state index in [9.17, 15) is 9.59 Å². The third-order valence-electron chi connectivity index (χ3n) is 3.44. The van der Waals surface area contributed by atoms with Crippen LogP contribution in [0.4, 0.5) is 0 Å². The zero-order valence-electron chi connectivity index (χ0n) is 12.2. The molecule has 1 saturated carbocycles. The van der Waals surface area contributed by atoms with Crippen LogP contribution in [0.5, 0.6) is 0 Å². The standard InChI is InChI=1S/C16H23N3O2/c20-15(11-17-10-14-6-7-14)19-12-16(21)18-9-8-13-4-2-1-3-5-13/h1-5,14,17H,6-12H2,(H,18,21)(H,19,20). The molecule has 0 saturated heterocycles. The quantitative estimate of drug-likeness (QED) is 0.618. The molecule has 1 aromatic rings. The van der Waals surface area contributed by atoms with E-state index in [2.05, 4.69) is 16.0 Å². The number of carbonyl (C=O) groups is 2. The molecule has 21 heavy (non-hydrogen) atoms. The van der Waals surface area contributed by atoms with Crippen LogP contribution in [-0.4, -0.2) is 38.0 Å². The zero-order chi connectivity index (χ0) is 14.9. The lowest BCUT2D eigenvalue weighted by Gasteiger charge is -2.07. The fourth-order valence-corrected chi connectivity index (χ4v) is 2.01. The van der Waals surface area contributed by atoms with Crippen molar-refractivity contribution >= 4 is 11.8 Å². The van der Waals surface area contributed by atoms with E-state index in [1.54, 1.807) is 0 Å². The fourth-order valence-electron chi connectivity index (χ4n) is 2.01. The Morgan fingerprint density at radius 1 is 1.00 bits per heavy atom. The average Bonchev–Trinajstić information content (AvgIpc) is 3.30. The molecule has 0 heterocycles. The first kappa shape index (κ1) is 15.5. The normalized spacial score (nSPS) is 13.7. The molecule has 3 N–H and O–H groups in total. The summed E-state index contributed by atoms with van der Waals surface area (Å²) >= 11 is 0. The molecule has 0 radical (unpaired) electrons. The average molecular weight is 289 g/mol. The summed E-state index contributed by atoms with van der Waals surface area (Å²) in [6.07, 6.45) is 3.32. The molecule has 1 fully saturated rings. The highest BCUT2D eigenvalue weighted by Gasteiger charge is 2.20. The van der Waals surface area contributed by atoms with E-state index in [1.807, 2.05) is 30.3 Å². The van der Waals surface area contributed by atoms with Crippen molar-refractivity contribution in [3.05, 3.63) is 35.9 Å². The second-order valence-electron chi connectivity index (χ2n) is 5.44. The second-order valence-corrected chi connectivity index (χ2v) is 5.44. The van der Waals surface area contributed by atoms with Crippen molar-refractivity contribution in [2.24, 2.45) is 5.92 Å². The van der Waals surface area contributed by atoms with Crippen molar-refractivity contribution < 1.29 is 9.59 Å². The summed E-state index contributed by atoms with van der Waals surface area (Å²) in [5.74, 6) is 0.467. The minimum atomic E-state index is -0.151. The largest absolute Gasteiger partial charge is 0.354 e. The lowest BCUT2D eigenvalue weighted by Crippen LogP contribution is -2.41. The van der Waals surface area contributed by atoms with Gasteiger partial charge in [0.1, 0.15) is 0 Å². The van der Waals surface area contributed by atoms with Gasteiger partial charge in [0.05, 0.1) is 13.1 Å². The molecule has 0 atom stereocenters. The van der Waals surface area contributed by atoms with Gasteiger partial charge in [-0.25, -0.2) is 0 Å². The highest BCUT2D eigenvalue weighted by molar-refractivity contribution is 5.85. The molecule has 2 rings (SSSR count). The molecule has 1 aliphatic rings. The first-order valence-corrected chi connectivity index (χ1v) is 7.52. The third kappa shape index (κ3) is 6.90. The van der Waals surface area contributed by atoms with Crippen LogP contribution in [0, 0.1) is 5.92 Å². The maximum Gasteiger partial charge on any atom is 0.239 e. The number of rotatable bonds is 9. The van der Waals surface area contributed by atoms with Crippen LogP contribution in [0.1, 0.15) is 18.4 Å². The maximum absolute atomic E-state index is 11.6. The summed E-state index contributed by atoms with van der Waals surface area (Å²) in [6.45, 7) is 1.81. The summed E-state index contributed by atoms with van der Waals surface area (Å²) in [7, 11) is 0. The Morgan fingerprint density at radius 2 is 1.71 bits per heavy atom. The van der Waals surface area contributed by atoms with Gasteiger partial charge in [0.25, 0.3) is 0 Å². The minimum Gasteiger partial charge on any atom is -0.354 e. The molecule has 114 valence electrons. The van der Waals surface area contributed by atoms with Crippen LogP contribution in [0.15, 0.2) is 30.3 Å². The molecule has 1 aliphatic carbocycles. The van der Waals surface area contributed by atoms with Crippen LogP contribution in [-0.2, 0) is 16.0 Å². The molecule has 0 aliphatic heterocycles. The molecular weight excluding hydrogens is 266 g/mol. The Morgan fingerprint density at radius 3 is 2.43 bits per heavy atom. The smallest absolute Gasteiger partial charge is 0.239 e. The van der Waals surface area contributed by atoms with Gasteiger partial charge >= 0.3 is 0 Å². The first-order chi connectivity index (χ1) is 10.2. The number of hydrogen-bond acceptors (Lipinski definition) is 3. The van der Waals surface area contributed by atoms with Crippen molar-refractivity contribution in [3.8, 4) is 0 Å². The predicted octanol–water partition coefficient (Wildman–Crippen LogP) is 0.461. The van der Waals surface area contributed by atoms with Gasteiger partial charge in [-0.3, -0.25) is 9.59 Å². The predicted molar refractivity (Wildman–Crippen MR) is 81.8 cm³/mol. The maximum atomic E-state index is 11.6. The van der Waals surface area contributed by atoms with Crippen molar-refractivity contribution in [1.82, 2.24) is 16.0 Å². The van der Waals surface area contributed by atoms with Crippen LogP contribution < -0.4 is 16.0 Å². The molecule has 2 amide bonds. The Hall–Kier alpha value is -1.88. The van der Waals surface area contributed by atoms with Gasteiger partial charge in [0, 0.05) is 6.54 Å². The van der Waals surface area contributed by atoms with Gasteiger partial charge in [-0.15, -0.1) is 0 Å². The molecule has 0 bridgehead atoms. The van der Waals surface area contributed by atoms with Crippen molar-refractivity contribution in [2.75, 3.05) is 26.2 Å². The fraction of sp³-hybridized carbons (Fsp3) is 0.500. The molecule has 1 aromatic carbocycles. The number of benzene rings is 1. The topological polar surface area (TPSA) is 70.2 Å². The van der Waals surface area contributed by atoms with Gasteiger partial charge in [-0.2, -0.15) is 0 Å². The van der Waals surface area contributed by atoms with E-state index in [-0.39, 0.29) is 24.9 Å². The summed E-state index contributed by atoms with van der Waals surface area (Å²) in [6, 6.07) is 9.98. The summed E-state index contributed by atoms with van der Waals surface area (Å²) < 4.78 is 0. The summed E-state index contributed by atoms with van der Waals surface area (Å²) in [5, 5.41) is 8.50. The molecule has 5 heteroatoms. The van der Waals surface area contributed by atoms with E-state index in [0.717, 1.165) is 18.9 Å². The van der Waals surface area contributed by atoms with Crippen molar-refractivity contribution in [3.63, 3.8) is 0 Å². The lowest BCUT2D eigenvalue weighted by molar-refractivity contribution is -0.125. The second kappa shape index (κ2) is 8.42. The molecule has 5 nitrogen and oxygen atoms in total. The van der Waals surface area contributed by atoms with E-state index in [4.69, 9.17) is 0 Å². The Labute approximate surface area is 125 Å². The van der Waals surface area contributed by atoms with E-state index < -0.39 is 0 Å². The van der Waals surface area contributed by atoms with Crippen molar-refractivity contribution in [2.45, 2.75) is 19.3 Å². The van der Waals surface area contributed by atoms with Gasteiger partial charge in [-0.05, 0) is 37.3 Å². The monoisotopic (exact) mass is 289 g/mol. The van der Waals surface area contributed by atoms with Gasteiger partial charge < -0.3 is 16.0 Å². The van der Waals surface area contributed by atoms with Crippen molar-refractivity contribution in [1.29, 1.82) is 0 Å². The van der Waals surface area contributed by atoms with Gasteiger partial charge in [-0.1, -0.05) is 30.3 Å². The summed E-state index contributed by atoms with van der Waals surface area (Å²) in [5.41, 5.74) is 1.19. The summed E-state index contributed by atoms with van der Waals surface area (Å²) in [4.78, 5) is 23.1. The van der Waals surface area contributed by atoms with Crippen LogP contribution in [0.25, 0.3) is 0 Å². The Balaban J connectivity index is 1.49. The Bertz CT molecular complexity index is 458. The number of carbonyl (C=O) groups excluding carboxylic acids is 2. The number of amides is 2. The molecule has 0 aromatic heterocycles. The zero-order valence-corrected chi connectivity index (χ0v) is 12.2. The van der Waals surface area contributed by atoms with Gasteiger partial charge in [0.2, 0.25) is 11.8 Å².